The van der Waals surface area contributed by atoms with E-state index in [-0.39, 0.29) is 27.8 Å². The maximum absolute atomic E-state index is 14.4. The van der Waals surface area contributed by atoms with Crippen molar-refractivity contribution in [1.82, 2.24) is 4.98 Å². The van der Waals surface area contributed by atoms with Crippen LogP contribution in [0.5, 0.6) is 11.5 Å². The van der Waals surface area contributed by atoms with E-state index in [2.05, 4.69) is 4.98 Å². The van der Waals surface area contributed by atoms with E-state index in [0.29, 0.717) is 34.9 Å². The molecule has 3 aromatic rings. The summed E-state index contributed by atoms with van der Waals surface area (Å²) in [5.41, 5.74) is 0.833. The molecule has 0 spiro atoms. The standard InChI is InChI=1S/C28H27FN2O7S/c1-6-37-19-11-10-16(13-20(19)36-5)22-21(23(32)17-9-8-14(3)18(29)12-17)24(33)26(34)31(22)28-30-15(4)25(39-28)27(35)38-7-2/h8-13,22,32H,6-7H2,1-5H3/b23-21-. The number of Topliss-reactive ketones (excluding diaryl/α,β-unsaturated/α-hetero) is 1. The average Bonchev–Trinajstić information content (AvgIpc) is 3.42. The van der Waals surface area contributed by atoms with Crippen LogP contribution >= 0.6 is 11.3 Å². The first-order valence-corrected chi connectivity index (χ1v) is 13.0. The SMILES string of the molecule is CCOC(=O)c1sc(N2C(=O)C(=O)/C(=C(\O)c3ccc(C)c(F)c3)C2c2ccc(OCC)c(OC)c2)nc1C. The van der Waals surface area contributed by atoms with Crippen LogP contribution in [-0.4, -0.2) is 48.1 Å². The minimum absolute atomic E-state index is 0.0292. The van der Waals surface area contributed by atoms with Gasteiger partial charge in [-0.15, -0.1) is 0 Å². The van der Waals surface area contributed by atoms with Gasteiger partial charge in [0.2, 0.25) is 0 Å². The van der Waals surface area contributed by atoms with Crippen molar-refractivity contribution < 1.29 is 38.1 Å². The van der Waals surface area contributed by atoms with Gasteiger partial charge in [0.25, 0.3) is 5.78 Å². The van der Waals surface area contributed by atoms with Crippen LogP contribution in [0.3, 0.4) is 0 Å². The van der Waals surface area contributed by atoms with E-state index in [4.69, 9.17) is 14.2 Å². The van der Waals surface area contributed by atoms with E-state index in [1.807, 2.05) is 6.92 Å². The molecule has 2 heterocycles. The molecule has 0 radical (unpaired) electrons. The molecule has 4 rings (SSSR count). The molecule has 1 aliphatic heterocycles. The lowest BCUT2D eigenvalue weighted by atomic mass is 9.94. The Morgan fingerprint density at radius 1 is 1.10 bits per heavy atom. The van der Waals surface area contributed by atoms with Crippen molar-refractivity contribution in [2.45, 2.75) is 33.7 Å². The topological polar surface area (TPSA) is 115 Å². The summed E-state index contributed by atoms with van der Waals surface area (Å²) in [6, 6.07) is 7.70. The smallest absolute Gasteiger partial charge is 0.350 e. The van der Waals surface area contributed by atoms with Gasteiger partial charge in [-0.1, -0.05) is 29.5 Å². The van der Waals surface area contributed by atoms with E-state index < -0.39 is 35.3 Å². The third-order valence-electron chi connectivity index (χ3n) is 6.15. The van der Waals surface area contributed by atoms with Crippen LogP contribution in [0, 0.1) is 19.7 Å². The molecule has 1 atom stereocenters. The molecule has 1 aliphatic rings. The number of aliphatic hydroxyl groups is 1. The molecule has 1 unspecified atom stereocenters. The molecule has 11 heteroatoms. The number of hydrogen-bond donors (Lipinski definition) is 1. The summed E-state index contributed by atoms with van der Waals surface area (Å²) in [6.45, 7) is 7.16. The second kappa shape index (κ2) is 11.2. The highest BCUT2D eigenvalue weighted by atomic mass is 32.1. The van der Waals surface area contributed by atoms with E-state index in [1.165, 1.54) is 19.2 Å². The number of amides is 1. The quantitative estimate of drug-likeness (QED) is 0.177. The third-order valence-corrected chi connectivity index (χ3v) is 7.28. The number of nitrogens with zero attached hydrogens (tertiary/aromatic N) is 2. The zero-order valence-electron chi connectivity index (χ0n) is 22.0. The number of aromatic nitrogens is 1. The van der Waals surface area contributed by atoms with Gasteiger partial charge in [-0.3, -0.25) is 14.5 Å². The number of benzene rings is 2. The number of thiazole rings is 1. The van der Waals surface area contributed by atoms with Crippen LogP contribution in [0.2, 0.25) is 0 Å². The zero-order chi connectivity index (χ0) is 28.4. The second-order valence-corrected chi connectivity index (χ2v) is 9.59. The Morgan fingerprint density at radius 2 is 1.85 bits per heavy atom. The number of hydrogen-bond acceptors (Lipinski definition) is 9. The number of aliphatic hydroxyl groups excluding tert-OH is 1. The van der Waals surface area contributed by atoms with Crippen LogP contribution < -0.4 is 14.4 Å². The Bertz CT molecular complexity index is 1500. The van der Waals surface area contributed by atoms with Gasteiger partial charge in [0.05, 0.1) is 37.6 Å². The molecule has 39 heavy (non-hydrogen) atoms. The summed E-state index contributed by atoms with van der Waals surface area (Å²) in [5.74, 6) is -2.92. The minimum Gasteiger partial charge on any atom is -0.507 e. The van der Waals surface area contributed by atoms with Gasteiger partial charge in [-0.2, -0.15) is 0 Å². The molecule has 204 valence electrons. The molecule has 9 nitrogen and oxygen atoms in total. The number of esters is 1. The summed E-state index contributed by atoms with van der Waals surface area (Å²) in [6.07, 6.45) is 0. The number of ether oxygens (including phenoxy) is 3. The fourth-order valence-electron chi connectivity index (χ4n) is 4.24. The van der Waals surface area contributed by atoms with Crippen molar-refractivity contribution in [3.63, 3.8) is 0 Å². The lowest BCUT2D eigenvalue weighted by molar-refractivity contribution is -0.132. The van der Waals surface area contributed by atoms with Crippen molar-refractivity contribution in [1.29, 1.82) is 0 Å². The van der Waals surface area contributed by atoms with Gasteiger partial charge in [0.15, 0.2) is 16.6 Å². The summed E-state index contributed by atoms with van der Waals surface area (Å²) < 4.78 is 30.5. The van der Waals surface area contributed by atoms with Crippen LogP contribution in [0.15, 0.2) is 42.0 Å². The highest BCUT2D eigenvalue weighted by Gasteiger charge is 2.48. The predicted octanol–water partition coefficient (Wildman–Crippen LogP) is 5.11. The number of anilines is 1. The van der Waals surface area contributed by atoms with Gasteiger partial charge < -0.3 is 19.3 Å². The van der Waals surface area contributed by atoms with E-state index in [1.54, 1.807) is 39.0 Å². The predicted molar refractivity (Wildman–Crippen MR) is 143 cm³/mol. The first-order valence-electron chi connectivity index (χ1n) is 12.2. The second-order valence-electron chi connectivity index (χ2n) is 8.61. The Morgan fingerprint density at radius 3 is 2.49 bits per heavy atom. The van der Waals surface area contributed by atoms with Crippen molar-refractivity contribution in [2.75, 3.05) is 25.2 Å². The summed E-state index contributed by atoms with van der Waals surface area (Å²) in [4.78, 5) is 45.0. The highest BCUT2D eigenvalue weighted by Crippen LogP contribution is 2.45. The number of carbonyl (C=O) groups is 3. The maximum atomic E-state index is 14.4. The number of halogens is 1. The number of ketones is 1. The highest BCUT2D eigenvalue weighted by molar-refractivity contribution is 7.17. The number of aryl methyl sites for hydroxylation is 2. The van der Waals surface area contributed by atoms with Crippen LogP contribution in [0.25, 0.3) is 5.76 Å². The van der Waals surface area contributed by atoms with Crippen molar-refractivity contribution >= 4 is 39.9 Å². The van der Waals surface area contributed by atoms with Gasteiger partial charge in [0.1, 0.15) is 16.5 Å². The van der Waals surface area contributed by atoms with Crippen molar-refractivity contribution in [2.24, 2.45) is 0 Å². The number of methoxy groups -OCH3 is 1. The van der Waals surface area contributed by atoms with E-state index in [0.717, 1.165) is 22.3 Å². The third kappa shape index (κ3) is 5.09. The fourth-order valence-corrected chi connectivity index (χ4v) is 5.23. The zero-order valence-corrected chi connectivity index (χ0v) is 22.8. The molecule has 0 saturated carbocycles. The molecular weight excluding hydrogens is 527 g/mol. The maximum Gasteiger partial charge on any atom is 0.350 e. The first-order chi connectivity index (χ1) is 18.6. The summed E-state index contributed by atoms with van der Waals surface area (Å²) in [7, 11) is 1.45. The van der Waals surface area contributed by atoms with E-state index in [9.17, 15) is 23.9 Å². The molecular formula is C28H27FN2O7S. The molecule has 1 aromatic heterocycles. The molecule has 0 bridgehead atoms. The van der Waals surface area contributed by atoms with E-state index >= 15 is 0 Å². The summed E-state index contributed by atoms with van der Waals surface area (Å²) >= 11 is 0.891. The normalized spacial score (nSPS) is 16.5. The molecule has 1 fully saturated rings. The summed E-state index contributed by atoms with van der Waals surface area (Å²) in [5, 5.41) is 11.3. The Hall–Kier alpha value is -4.25. The van der Waals surface area contributed by atoms with Crippen molar-refractivity contribution in [3.8, 4) is 11.5 Å². The molecule has 1 amide bonds. The largest absolute Gasteiger partial charge is 0.507 e. The Labute approximate surface area is 228 Å². The fraction of sp³-hybridized carbons (Fsp3) is 0.286. The Kier molecular flexibility index (Phi) is 8.01. The lowest BCUT2D eigenvalue weighted by Gasteiger charge is -2.24. The Balaban J connectivity index is 1.95. The number of carbonyl (C=O) groups excluding carboxylic acids is 3. The molecule has 1 N–H and O–H groups in total. The van der Waals surface area contributed by atoms with Crippen LogP contribution in [0.4, 0.5) is 9.52 Å². The van der Waals surface area contributed by atoms with Crippen LogP contribution in [-0.2, 0) is 14.3 Å². The number of rotatable bonds is 8. The average molecular weight is 555 g/mol. The molecule has 0 aliphatic carbocycles. The first kappa shape index (κ1) is 27.8. The van der Waals surface area contributed by atoms with Gasteiger partial charge >= 0.3 is 11.9 Å². The molecule has 1 saturated heterocycles. The van der Waals surface area contributed by atoms with Gasteiger partial charge in [-0.25, -0.2) is 14.2 Å². The van der Waals surface area contributed by atoms with Crippen LogP contribution in [0.1, 0.15) is 51.9 Å². The molecule has 2 aromatic carbocycles. The van der Waals surface area contributed by atoms with Gasteiger partial charge in [0, 0.05) is 5.56 Å². The van der Waals surface area contributed by atoms with Crippen molar-refractivity contribution in [3.05, 3.63) is 75.0 Å². The van der Waals surface area contributed by atoms with Gasteiger partial charge in [-0.05, 0) is 57.0 Å². The monoisotopic (exact) mass is 554 g/mol. The lowest BCUT2D eigenvalue weighted by Crippen LogP contribution is -2.29. The minimum atomic E-state index is -1.17.